The molecule has 24 heavy (non-hydrogen) atoms. The number of carboxylic acids is 1. The fourth-order valence-corrected chi connectivity index (χ4v) is 2.34. The molecule has 0 aliphatic rings. The van der Waals surface area contributed by atoms with Gasteiger partial charge in [0.25, 0.3) is 5.91 Å². The van der Waals surface area contributed by atoms with Gasteiger partial charge in [0.2, 0.25) is 0 Å². The number of H-pyrrole nitrogens is 1. The van der Waals surface area contributed by atoms with E-state index >= 15 is 0 Å². The maximum atomic E-state index is 12.5. The van der Waals surface area contributed by atoms with Gasteiger partial charge in [-0.25, -0.2) is 0 Å². The third kappa shape index (κ3) is 4.01. The second-order valence-corrected chi connectivity index (χ2v) is 6.91. The van der Waals surface area contributed by atoms with Gasteiger partial charge >= 0.3 is 5.97 Å². The Balaban J connectivity index is 2.25. The lowest BCUT2D eigenvalue weighted by Gasteiger charge is -2.22. The summed E-state index contributed by atoms with van der Waals surface area (Å²) < 4.78 is 0. The zero-order valence-electron chi connectivity index (χ0n) is 14.3. The molecule has 0 aliphatic heterocycles. The van der Waals surface area contributed by atoms with Crippen molar-refractivity contribution in [3.63, 3.8) is 0 Å². The van der Waals surface area contributed by atoms with Gasteiger partial charge in [-0.3, -0.25) is 14.7 Å². The number of nitrogens with one attached hydrogen (secondary N) is 2. The predicted molar refractivity (Wildman–Crippen MR) is 90.7 cm³/mol. The van der Waals surface area contributed by atoms with Crippen LogP contribution in [0.4, 0.5) is 0 Å². The van der Waals surface area contributed by atoms with Gasteiger partial charge in [0.15, 0.2) is 0 Å². The molecule has 0 fully saturated rings. The number of rotatable bonds is 5. The lowest BCUT2D eigenvalue weighted by atomic mass is 9.92. The van der Waals surface area contributed by atoms with Crippen molar-refractivity contribution in [3.8, 4) is 0 Å². The number of carbonyl (C=O) groups is 2. The van der Waals surface area contributed by atoms with Crippen molar-refractivity contribution >= 4 is 11.9 Å². The van der Waals surface area contributed by atoms with Crippen LogP contribution in [0, 0.1) is 5.92 Å². The van der Waals surface area contributed by atoms with Crippen LogP contribution in [0.15, 0.2) is 36.4 Å². The molecule has 0 bridgehead atoms. The molecule has 0 aliphatic carbocycles. The van der Waals surface area contributed by atoms with Gasteiger partial charge in [0, 0.05) is 11.1 Å². The molecule has 6 heteroatoms. The summed E-state index contributed by atoms with van der Waals surface area (Å²) in [5.74, 6) is -2.14. The van der Waals surface area contributed by atoms with Crippen LogP contribution in [0.5, 0.6) is 0 Å². The molecule has 2 aromatic rings. The van der Waals surface area contributed by atoms with Crippen LogP contribution in [-0.4, -0.2) is 27.2 Å². The second-order valence-electron chi connectivity index (χ2n) is 6.91. The SMILES string of the molecule is CC(C(=O)O)C(NC(=O)c1cc(C(C)(C)C)[nH]n1)c1ccccc1. The monoisotopic (exact) mass is 329 g/mol. The fraction of sp³-hybridized carbons (Fsp3) is 0.389. The number of benzene rings is 1. The molecule has 0 spiro atoms. The van der Waals surface area contributed by atoms with Gasteiger partial charge < -0.3 is 10.4 Å². The van der Waals surface area contributed by atoms with Crippen LogP contribution in [0.3, 0.4) is 0 Å². The zero-order chi connectivity index (χ0) is 17.9. The van der Waals surface area contributed by atoms with Crippen LogP contribution < -0.4 is 5.32 Å². The van der Waals surface area contributed by atoms with E-state index in [1.807, 2.05) is 39.0 Å². The highest BCUT2D eigenvalue weighted by molar-refractivity contribution is 5.93. The standard InChI is InChI=1S/C18H23N3O3/c1-11(17(23)24)15(12-8-6-5-7-9-12)19-16(22)13-10-14(21-20-13)18(2,3)4/h5-11,15H,1-4H3,(H,19,22)(H,20,21)(H,23,24). The van der Waals surface area contributed by atoms with Gasteiger partial charge in [0.1, 0.15) is 5.69 Å². The van der Waals surface area contributed by atoms with Gasteiger partial charge in [-0.05, 0) is 18.6 Å². The molecular formula is C18H23N3O3. The molecule has 0 saturated heterocycles. The number of carboxylic acid groups (broad SMARTS) is 1. The first-order valence-corrected chi connectivity index (χ1v) is 7.84. The van der Waals surface area contributed by atoms with Crippen molar-refractivity contribution in [1.82, 2.24) is 15.5 Å². The lowest BCUT2D eigenvalue weighted by molar-refractivity contribution is -0.142. The summed E-state index contributed by atoms with van der Waals surface area (Å²) in [6.45, 7) is 7.62. The van der Waals surface area contributed by atoms with E-state index in [9.17, 15) is 14.7 Å². The minimum Gasteiger partial charge on any atom is -0.481 e. The van der Waals surface area contributed by atoms with Crippen LogP contribution in [-0.2, 0) is 10.2 Å². The highest BCUT2D eigenvalue weighted by Gasteiger charge is 2.28. The van der Waals surface area contributed by atoms with Crippen molar-refractivity contribution < 1.29 is 14.7 Å². The lowest BCUT2D eigenvalue weighted by Crippen LogP contribution is -2.35. The fourth-order valence-electron chi connectivity index (χ4n) is 2.34. The summed E-state index contributed by atoms with van der Waals surface area (Å²) in [6, 6.07) is 10.1. The van der Waals surface area contributed by atoms with Crippen LogP contribution in [0.1, 0.15) is 55.5 Å². The van der Waals surface area contributed by atoms with E-state index in [0.717, 1.165) is 11.3 Å². The van der Waals surface area contributed by atoms with Gasteiger partial charge in [-0.2, -0.15) is 5.10 Å². The number of hydrogen-bond donors (Lipinski definition) is 3. The van der Waals surface area contributed by atoms with Crippen molar-refractivity contribution in [2.24, 2.45) is 5.92 Å². The number of aromatic amines is 1. The Labute approximate surface area is 141 Å². The van der Waals surface area contributed by atoms with E-state index in [4.69, 9.17) is 0 Å². The summed E-state index contributed by atoms with van der Waals surface area (Å²) in [4.78, 5) is 23.9. The maximum Gasteiger partial charge on any atom is 0.308 e. The number of amides is 1. The Morgan fingerprint density at radius 3 is 2.33 bits per heavy atom. The molecule has 1 amide bonds. The number of hydrogen-bond acceptors (Lipinski definition) is 3. The molecule has 0 saturated carbocycles. The summed E-state index contributed by atoms with van der Waals surface area (Å²) in [7, 11) is 0. The summed E-state index contributed by atoms with van der Waals surface area (Å²) in [5, 5.41) is 19.0. The minimum atomic E-state index is -0.971. The Bertz CT molecular complexity index is 717. The van der Waals surface area contributed by atoms with E-state index in [1.165, 1.54) is 0 Å². The van der Waals surface area contributed by atoms with E-state index in [0.29, 0.717) is 0 Å². The highest BCUT2D eigenvalue weighted by atomic mass is 16.4. The molecule has 3 N–H and O–H groups in total. The first kappa shape index (κ1) is 17.7. The normalized spacial score (nSPS) is 14.0. The Morgan fingerprint density at radius 2 is 1.83 bits per heavy atom. The van der Waals surface area contributed by atoms with Crippen molar-refractivity contribution in [1.29, 1.82) is 0 Å². The molecule has 1 heterocycles. The topological polar surface area (TPSA) is 95.1 Å². The van der Waals surface area contributed by atoms with Crippen LogP contribution in [0.2, 0.25) is 0 Å². The molecule has 128 valence electrons. The molecule has 2 atom stereocenters. The molecule has 1 aromatic carbocycles. The summed E-state index contributed by atoms with van der Waals surface area (Å²) >= 11 is 0. The third-order valence-corrected chi connectivity index (χ3v) is 3.95. The average molecular weight is 329 g/mol. The predicted octanol–water partition coefficient (Wildman–Crippen LogP) is 2.90. The van der Waals surface area contributed by atoms with Gasteiger partial charge in [-0.15, -0.1) is 0 Å². The number of aromatic nitrogens is 2. The van der Waals surface area contributed by atoms with E-state index in [2.05, 4.69) is 15.5 Å². The number of carbonyl (C=O) groups excluding carboxylic acids is 1. The van der Waals surface area contributed by atoms with Crippen molar-refractivity contribution in [3.05, 3.63) is 53.3 Å². The molecule has 2 rings (SSSR count). The first-order valence-electron chi connectivity index (χ1n) is 7.84. The second kappa shape index (κ2) is 6.86. The Morgan fingerprint density at radius 1 is 1.21 bits per heavy atom. The number of nitrogens with zero attached hydrogens (tertiary/aromatic N) is 1. The van der Waals surface area contributed by atoms with E-state index in [1.54, 1.807) is 25.1 Å². The van der Waals surface area contributed by atoms with E-state index in [-0.39, 0.29) is 11.1 Å². The maximum absolute atomic E-state index is 12.5. The summed E-state index contributed by atoms with van der Waals surface area (Å²) in [5.41, 5.74) is 1.68. The highest BCUT2D eigenvalue weighted by Crippen LogP contribution is 2.24. The molecular weight excluding hydrogens is 306 g/mol. The Kier molecular flexibility index (Phi) is 5.07. The van der Waals surface area contributed by atoms with Crippen LogP contribution >= 0.6 is 0 Å². The minimum absolute atomic E-state index is 0.154. The first-order chi connectivity index (χ1) is 11.2. The van der Waals surface area contributed by atoms with E-state index < -0.39 is 23.8 Å². The van der Waals surface area contributed by atoms with Gasteiger partial charge in [-0.1, -0.05) is 51.1 Å². The van der Waals surface area contributed by atoms with Crippen molar-refractivity contribution in [2.75, 3.05) is 0 Å². The van der Waals surface area contributed by atoms with Gasteiger partial charge in [0.05, 0.1) is 12.0 Å². The zero-order valence-corrected chi connectivity index (χ0v) is 14.3. The average Bonchev–Trinajstić information content (AvgIpc) is 3.02. The largest absolute Gasteiger partial charge is 0.481 e. The van der Waals surface area contributed by atoms with Crippen molar-refractivity contribution in [2.45, 2.75) is 39.2 Å². The molecule has 1 aromatic heterocycles. The Hall–Kier alpha value is -2.63. The summed E-state index contributed by atoms with van der Waals surface area (Å²) in [6.07, 6.45) is 0. The smallest absolute Gasteiger partial charge is 0.308 e. The molecule has 2 unspecified atom stereocenters. The molecule has 6 nitrogen and oxygen atoms in total. The molecule has 0 radical (unpaired) electrons. The number of aliphatic carboxylic acids is 1. The van der Waals surface area contributed by atoms with Crippen LogP contribution in [0.25, 0.3) is 0 Å². The third-order valence-electron chi connectivity index (χ3n) is 3.95. The quantitative estimate of drug-likeness (QED) is 0.786.